The number of hydrogen-bond acceptors (Lipinski definition) is 3. The maximum absolute atomic E-state index is 14.9. The molecule has 2 heterocycles. The minimum Gasteiger partial charge on any atom is -0.503 e. The summed E-state index contributed by atoms with van der Waals surface area (Å²) in [4.78, 5) is 13.3. The molecule has 2 aliphatic heterocycles. The third kappa shape index (κ3) is 2.88. The van der Waals surface area contributed by atoms with Gasteiger partial charge in [0, 0.05) is 18.7 Å². The van der Waals surface area contributed by atoms with E-state index in [4.69, 9.17) is 0 Å². The molecule has 0 bridgehead atoms. The van der Waals surface area contributed by atoms with Crippen LogP contribution in [0.1, 0.15) is 43.7 Å². The second-order valence-corrected chi connectivity index (χ2v) is 8.07. The fraction of sp³-hybridized carbons (Fsp3) is 0.381. The number of hydrogen-bond donors (Lipinski definition) is 1. The van der Waals surface area contributed by atoms with Gasteiger partial charge in [0.05, 0.1) is 5.92 Å². The number of anilines is 1. The Morgan fingerprint density at radius 2 is 1.74 bits per heavy atom. The highest BCUT2D eigenvalue weighted by Crippen LogP contribution is 2.47. The van der Waals surface area contributed by atoms with Gasteiger partial charge in [0.2, 0.25) is 0 Å². The molecule has 1 amide bonds. The van der Waals surface area contributed by atoms with Crippen molar-refractivity contribution < 1.29 is 18.7 Å². The highest BCUT2D eigenvalue weighted by atomic mass is 19.1. The summed E-state index contributed by atoms with van der Waals surface area (Å²) < 4.78 is 29.0. The number of amides is 1. The van der Waals surface area contributed by atoms with Crippen LogP contribution < -0.4 is 5.01 Å². The molecular weight excluding hydrogens is 350 g/mol. The molecule has 1 fully saturated rings. The smallest absolute Gasteiger partial charge is 0.253 e. The van der Waals surface area contributed by atoms with E-state index in [1.807, 2.05) is 11.1 Å². The number of benzene rings is 2. The number of fused-ring (bicyclic) bond motifs is 1. The highest BCUT2D eigenvalue weighted by molar-refractivity contribution is 6.06. The van der Waals surface area contributed by atoms with E-state index in [1.54, 1.807) is 24.3 Å². The Hall–Kier alpha value is -2.47. The van der Waals surface area contributed by atoms with Crippen molar-refractivity contribution in [3.05, 3.63) is 59.2 Å². The molecule has 2 aromatic rings. The Balaban J connectivity index is 1.83. The zero-order valence-electron chi connectivity index (χ0n) is 15.4. The quantitative estimate of drug-likeness (QED) is 0.860. The lowest BCUT2D eigenvalue weighted by Crippen LogP contribution is -2.51. The predicted molar refractivity (Wildman–Crippen MR) is 98.4 cm³/mol. The Bertz CT molecular complexity index is 889. The van der Waals surface area contributed by atoms with Crippen LogP contribution in [0.25, 0.3) is 0 Å². The summed E-state index contributed by atoms with van der Waals surface area (Å²) in [5, 5.41) is 12.9. The first-order chi connectivity index (χ1) is 12.8. The number of hydrazine groups is 1. The maximum Gasteiger partial charge on any atom is 0.253 e. The molecule has 1 unspecified atom stereocenters. The second kappa shape index (κ2) is 6.30. The fourth-order valence-corrected chi connectivity index (χ4v) is 3.97. The largest absolute Gasteiger partial charge is 0.503 e. The number of phenols is 1. The normalized spacial score (nSPS) is 22.1. The molecule has 0 aliphatic carbocycles. The SMILES string of the molecule is CC1(C)CCN(N2C(=O)C(c3ccccc3)c3cc(F)c(O)c(F)c32)CC1. The Kier molecular flexibility index (Phi) is 4.18. The van der Waals surface area contributed by atoms with E-state index in [2.05, 4.69) is 13.8 Å². The van der Waals surface area contributed by atoms with Crippen molar-refractivity contribution in [1.82, 2.24) is 5.01 Å². The van der Waals surface area contributed by atoms with Gasteiger partial charge in [-0.2, -0.15) is 0 Å². The average molecular weight is 372 g/mol. The predicted octanol–water partition coefficient (Wildman–Crippen LogP) is 4.19. The van der Waals surface area contributed by atoms with Gasteiger partial charge in [-0.25, -0.2) is 18.8 Å². The Morgan fingerprint density at radius 1 is 1.11 bits per heavy atom. The number of phenolic OH excluding ortho intramolecular Hbond substituents is 1. The first-order valence-corrected chi connectivity index (χ1v) is 9.15. The topological polar surface area (TPSA) is 43.8 Å². The summed E-state index contributed by atoms with van der Waals surface area (Å²) in [7, 11) is 0. The molecule has 1 atom stereocenters. The van der Waals surface area contributed by atoms with Crippen molar-refractivity contribution in [2.24, 2.45) is 5.41 Å². The monoisotopic (exact) mass is 372 g/mol. The van der Waals surface area contributed by atoms with Gasteiger partial charge in [-0.3, -0.25) is 4.79 Å². The van der Waals surface area contributed by atoms with Crippen LogP contribution in [0.15, 0.2) is 36.4 Å². The van der Waals surface area contributed by atoms with E-state index in [-0.39, 0.29) is 22.6 Å². The molecule has 142 valence electrons. The molecule has 27 heavy (non-hydrogen) atoms. The molecule has 0 spiro atoms. The van der Waals surface area contributed by atoms with Gasteiger partial charge in [0.15, 0.2) is 17.4 Å². The molecule has 4 nitrogen and oxygen atoms in total. The van der Waals surface area contributed by atoms with Crippen LogP contribution in [0.2, 0.25) is 0 Å². The summed E-state index contributed by atoms with van der Waals surface area (Å²) in [5.41, 5.74) is 1.05. The third-order valence-electron chi connectivity index (χ3n) is 5.69. The number of carbonyl (C=O) groups is 1. The van der Waals surface area contributed by atoms with Crippen LogP contribution in [0.5, 0.6) is 5.75 Å². The second-order valence-electron chi connectivity index (χ2n) is 8.07. The van der Waals surface area contributed by atoms with E-state index in [9.17, 15) is 18.7 Å². The van der Waals surface area contributed by atoms with Crippen LogP contribution in [0.3, 0.4) is 0 Å². The highest BCUT2D eigenvalue weighted by Gasteiger charge is 2.45. The van der Waals surface area contributed by atoms with Gasteiger partial charge in [-0.05, 0) is 29.9 Å². The number of rotatable bonds is 2. The molecule has 0 saturated carbocycles. The van der Waals surface area contributed by atoms with Crippen molar-refractivity contribution in [1.29, 1.82) is 0 Å². The maximum atomic E-state index is 14.9. The van der Waals surface area contributed by atoms with Crippen LogP contribution in [0, 0.1) is 17.0 Å². The molecule has 4 rings (SSSR count). The average Bonchev–Trinajstić information content (AvgIpc) is 2.93. The lowest BCUT2D eigenvalue weighted by molar-refractivity contribution is -0.122. The zero-order valence-corrected chi connectivity index (χ0v) is 15.4. The van der Waals surface area contributed by atoms with E-state index in [0.717, 1.165) is 18.9 Å². The minimum absolute atomic E-state index is 0.0348. The van der Waals surface area contributed by atoms with Crippen molar-refractivity contribution >= 4 is 11.6 Å². The third-order valence-corrected chi connectivity index (χ3v) is 5.69. The molecule has 2 aromatic carbocycles. The van der Waals surface area contributed by atoms with E-state index in [0.29, 0.717) is 18.7 Å². The summed E-state index contributed by atoms with van der Waals surface area (Å²) >= 11 is 0. The Labute approximate surface area is 157 Å². The zero-order chi connectivity index (χ0) is 19.3. The molecule has 0 radical (unpaired) electrons. The summed E-state index contributed by atoms with van der Waals surface area (Å²) in [5.74, 6) is -4.29. The van der Waals surface area contributed by atoms with Crippen molar-refractivity contribution in [2.45, 2.75) is 32.6 Å². The minimum atomic E-state index is -1.08. The number of piperidine rings is 1. The van der Waals surface area contributed by atoms with Crippen molar-refractivity contribution in [2.75, 3.05) is 18.1 Å². The Morgan fingerprint density at radius 3 is 2.37 bits per heavy atom. The molecule has 6 heteroatoms. The number of aromatic hydroxyl groups is 1. The van der Waals surface area contributed by atoms with E-state index < -0.39 is 23.3 Å². The van der Waals surface area contributed by atoms with Crippen LogP contribution >= 0.6 is 0 Å². The van der Waals surface area contributed by atoms with E-state index >= 15 is 0 Å². The van der Waals surface area contributed by atoms with Crippen LogP contribution in [-0.2, 0) is 4.79 Å². The van der Waals surface area contributed by atoms with E-state index in [1.165, 1.54) is 5.01 Å². The molecule has 1 N–H and O–H groups in total. The lowest BCUT2D eigenvalue weighted by atomic mass is 9.83. The standard InChI is InChI=1S/C21H22F2N2O2/c1-21(2)8-10-24(11-9-21)25-18-14(12-15(22)19(26)17(18)23)16(20(25)27)13-6-4-3-5-7-13/h3-7,12,16,26H,8-11H2,1-2H3. The van der Waals surface area contributed by atoms with Crippen molar-refractivity contribution in [3.8, 4) is 5.75 Å². The fourth-order valence-electron chi connectivity index (χ4n) is 3.97. The first-order valence-electron chi connectivity index (χ1n) is 9.15. The first kappa shape index (κ1) is 17.9. The van der Waals surface area contributed by atoms with Gasteiger partial charge in [0.1, 0.15) is 5.69 Å². The van der Waals surface area contributed by atoms with Gasteiger partial charge in [-0.1, -0.05) is 44.2 Å². The number of halogens is 2. The molecule has 0 aromatic heterocycles. The number of nitrogens with zero attached hydrogens (tertiary/aromatic N) is 2. The number of carbonyl (C=O) groups excluding carboxylic acids is 1. The van der Waals surface area contributed by atoms with Gasteiger partial charge < -0.3 is 5.11 Å². The van der Waals surface area contributed by atoms with Crippen molar-refractivity contribution in [3.63, 3.8) is 0 Å². The molecule has 1 saturated heterocycles. The summed E-state index contributed by atoms with van der Waals surface area (Å²) in [6, 6.07) is 10.0. The summed E-state index contributed by atoms with van der Waals surface area (Å²) in [6.07, 6.45) is 1.72. The molecular formula is C21H22F2N2O2. The van der Waals surface area contributed by atoms with Crippen LogP contribution in [0.4, 0.5) is 14.5 Å². The van der Waals surface area contributed by atoms with Gasteiger partial charge >= 0.3 is 0 Å². The summed E-state index contributed by atoms with van der Waals surface area (Å²) in [6.45, 7) is 5.52. The van der Waals surface area contributed by atoms with Gasteiger partial charge in [-0.15, -0.1) is 0 Å². The lowest BCUT2D eigenvalue weighted by Gasteiger charge is -2.41. The van der Waals surface area contributed by atoms with Crippen LogP contribution in [-0.4, -0.2) is 29.1 Å². The van der Waals surface area contributed by atoms with Gasteiger partial charge in [0.25, 0.3) is 5.91 Å². The molecule has 2 aliphatic rings.